The predicted octanol–water partition coefficient (Wildman–Crippen LogP) is 4.90. The van der Waals surface area contributed by atoms with Gasteiger partial charge in [0.1, 0.15) is 0 Å². The summed E-state index contributed by atoms with van der Waals surface area (Å²) in [6, 6.07) is 18.3. The molecule has 3 heterocycles. The third kappa shape index (κ3) is 4.61. The third-order valence-corrected chi connectivity index (χ3v) is 6.62. The summed E-state index contributed by atoms with van der Waals surface area (Å²) in [7, 11) is 0. The number of hydrogen-bond donors (Lipinski definition) is 0. The van der Waals surface area contributed by atoms with Crippen molar-refractivity contribution in [2.75, 3.05) is 13.1 Å². The van der Waals surface area contributed by atoms with Gasteiger partial charge in [-0.05, 0) is 50.6 Å². The summed E-state index contributed by atoms with van der Waals surface area (Å²) in [4.78, 5) is 7.06. The lowest BCUT2D eigenvalue weighted by atomic mass is 10.1. The van der Waals surface area contributed by atoms with Crippen LogP contribution in [0.15, 0.2) is 64.3 Å². The zero-order valence-electron chi connectivity index (χ0n) is 18.1. The van der Waals surface area contributed by atoms with Gasteiger partial charge in [0, 0.05) is 11.3 Å². The van der Waals surface area contributed by atoms with E-state index in [1.54, 1.807) is 11.8 Å². The molecule has 2 aromatic heterocycles. The molecule has 5 rings (SSSR count). The molecule has 0 atom stereocenters. The maximum Gasteiger partial charge on any atom is 0.237 e. The molecule has 8 heteroatoms. The molecule has 164 valence electrons. The second-order valence-electron chi connectivity index (χ2n) is 8.02. The van der Waals surface area contributed by atoms with Gasteiger partial charge in [0.2, 0.25) is 11.7 Å². The van der Waals surface area contributed by atoms with E-state index in [2.05, 4.69) is 41.9 Å². The molecule has 0 amide bonds. The average Bonchev–Trinajstić information content (AvgIpc) is 3.46. The lowest BCUT2D eigenvalue weighted by molar-refractivity contribution is 0.214. The van der Waals surface area contributed by atoms with Crippen molar-refractivity contribution in [2.45, 2.75) is 43.6 Å². The van der Waals surface area contributed by atoms with Crippen LogP contribution in [0.3, 0.4) is 0 Å². The highest BCUT2D eigenvalue weighted by molar-refractivity contribution is 7.98. The van der Waals surface area contributed by atoms with E-state index in [1.165, 1.54) is 19.3 Å². The van der Waals surface area contributed by atoms with Crippen LogP contribution >= 0.6 is 11.8 Å². The van der Waals surface area contributed by atoms with Crippen LogP contribution in [0.4, 0.5) is 0 Å². The summed E-state index contributed by atoms with van der Waals surface area (Å²) in [5.74, 6) is 2.70. The number of benzene rings is 2. The second-order valence-corrected chi connectivity index (χ2v) is 8.96. The van der Waals surface area contributed by atoms with Crippen LogP contribution in [0.1, 0.15) is 36.5 Å². The number of nitrogens with zero attached hydrogens (tertiary/aromatic N) is 6. The standard InChI is InChI=1S/C24H26N6OS/c1-18-10-6-7-13-20(18)23-25-22(31-28-23)17-32-24-27-26-21(16-29-14-8-3-9-15-29)30(24)19-11-4-2-5-12-19/h2,4-7,10-13H,3,8-9,14-17H2,1H3. The maximum absolute atomic E-state index is 5.52. The molecule has 1 aliphatic rings. The maximum atomic E-state index is 5.52. The van der Waals surface area contributed by atoms with Gasteiger partial charge in [-0.1, -0.05) is 65.8 Å². The quantitative estimate of drug-likeness (QED) is 0.374. The van der Waals surface area contributed by atoms with E-state index in [1.807, 2.05) is 49.4 Å². The monoisotopic (exact) mass is 446 g/mol. The van der Waals surface area contributed by atoms with Crippen LogP contribution in [0.25, 0.3) is 17.1 Å². The van der Waals surface area contributed by atoms with Gasteiger partial charge in [-0.3, -0.25) is 9.47 Å². The van der Waals surface area contributed by atoms with E-state index in [9.17, 15) is 0 Å². The molecule has 0 unspecified atom stereocenters. The zero-order valence-corrected chi connectivity index (χ0v) is 19.0. The summed E-state index contributed by atoms with van der Waals surface area (Å²) < 4.78 is 7.67. The Bertz CT molecular complexity index is 1170. The molecular formula is C24H26N6OS. The highest BCUT2D eigenvalue weighted by atomic mass is 32.2. The number of aromatic nitrogens is 5. The molecule has 1 fully saturated rings. The van der Waals surface area contributed by atoms with E-state index in [-0.39, 0.29) is 0 Å². The van der Waals surface area contributed by atoms with E-state index >= 15 is 0 Å². The topological polar surface area (TPSA) is 72.9 Å². The van der Waals surface area contributed by atoms with Crippen LogP contribution in [0, 0.1) is 6.92 Å². The van der Waals surface area contributed by atoms with E-state index < -0.39 is 0 Å². The highest BCUT2D eigenvalue weighted by Gasteiger charge is 2.20. The van der Waals surface area contributed by atoms with Crippen molar-refractivity contribution in [3.05, 3.63) is 71.9 Å². The first-order valence-electron chi connectivity index (χ1n) is 11.0. The SMILES string of the molecule is Cc1ccccc1-c1noc(CSc2nnc(CN3CCCCC3)n2-c2ccccc2)n1. The minimum atomic E-state index is 0.535. The Balaban J connectivity index is 1.36. The van der Waals surface area contributed by atoms with Crippen molar-refractivity contribution in [1.82, 2.24) is 29.8 Å². The van der Waals surface area contributed by atoms with Gasteiger partial charge in [0.05, 0.1) is 12.3 Å². The van der Waals surface area contributed by atoms with Gasteiger partial charge in [-0.15, -0.1) is 10.2 Å². The molecule has 0 aliphatic carbocycles. The molecule has 0 radical (unpaired) electrons. The number of hydrogen-bond acceptors (Lipinski definition) is 7. The van der Waals surface area contributed by atoms with Crippen molar-refractivity contribution in [3.8, 4) is 17.1 Å². The van der Waals surface area contributed by atoms with Crippen LogP contribution in [0.2, 0.25) is 0 Å². The largest absolute Gasteiger partial charge is 0.338 e. The molecule has 0 bridgehead atoms. The first-order valence-corrected chi connectivity index (χ1v) is 12.0. The molecular weight excluding hydrogens is 420 g/mol. The molecule has 0 N–H and O–H groups in total. The Hall–Kier alpha value is -2.97. The molecule has 7 nitrogen and oxygen atoms in total. The molecule has 0 saturated carbocycles. The normalized spacial score (nSPS) is 14.7. The van der Waals surface area contributed by atoms with Gasteiger partial charge in [0.15, 0.2) is 11.0 Å². The molecule has 32 heavy (non-hydrogen) atoms. The molecule has 4 aromatic rings. The number of piperidine rings is 1. The fraction of sp³-hybridized carbons (Fsp3) is 0.333. The molecule has 1 aliphatic heterocycles. The van der Waals surface area contributed by atoms with E-state index in [0.29, 0.717) is 17.5 Å². The minimum absolute atomic E-state index is 0.535. The van der Waals surface area contributed by atoms with Crippen molar-refractivity contribution in [2.24, 2.45) is 0 Å². The number of thioether (sulfide) groups is 1. The van der Waals surface area contributed by atoms with Gasteiger partial charge in [-0.25, -0.2) is 0 Å². The Labute approximate surface area is 191 Å². The lowest BCUT2D eigenvalue weighted by Gasteiger charge is -2.26. The van der Waals surface area contributed by atoms with Crippen LogP contribution in [-0.4, -0.2) is 42.9 Å². The van der Waals surface area contributed by atoms with Crippen molar-refractivity contribution >= 4 is 11.8 Å². The number of likely N-dealkylation sites (tertiary alicyclic amines) is 1. The molecule has 2 aromatic carbocycles. The van der Waals surface area contributed by atoms with E-state index in [4.69, 9.17) is 4.52 Å². The Morgan fingerprint density at radius 2 is 1.72 bits per heavy atom. The number of aryl methyl sites for hydroxylation is 1. The van der Waals surface area contributed by atoms with Crippen molar-refractivity contribution in [3.63, 3.8) is 0 Å². The average molecular weight is 447 g/mol. The highest BCUT2D eigenvalue weighted by Crippen LogP contribution is 2.27. The summed E-state index contributed by atoms with van der Waals surface area (Å²) >= 11 is 1.57. The molecule has 0 spiro atoms. The Morgan fingerprint density at radius 3 is 2.53 bits per heavy atom. The summed E-state index contributed by atoms with van der Waals surface area (Å²) in [6.07, 6.45) is 3.82. The van der Waals surface area contributed by atoms with Gasteiger partial charge < -0.3 is 4.52 Å². The smallest absolute Gasteiger partial charge is 0.237 e. The van der Waals surface area contributed by atoms with Crippen molar-refractivity contribution < 1.29 is 4.52 Å². The van der Waals surface area contributed by atoms with Gasteiger partial charge in [-0.2, -0.15) is 4.98 Å². The number of rotatable bonds is 7. The summed E-state index contributed by atoms with van der Waals surface area (Å²) in [6.45, 7) is 5.09. The first-order chi connectivity index (χ1) is 15.8. The fourth-order valence-electron chi connectivity index (χ4n) is 4.02. The third-order valence-electron chi connectivity index (χ3n) is 5.71. The van der Waals surface area contributed by atoms with Crippen LogP contribution in [0.5, 0.6) is 0 Å². The summed E-state index contributed by atoms with van der Waals surface area (Å²) in [5.41, 5.74) is 3.18. The van der Waals surface area contributed by atoms with Crippen LogP contribution in [-0.2, 0) is 12.3 Å². The fourth-order valence-corrected chi connectivity index (χ4v) is 4.83. The molecule has 1 saturated heterocycles. The van der Waals surface area contributed by atoms with E-state index in [0.717, 1.165) is 47.4 Å². The van der Waals surface area contributed by atoms with Crippen LogP contribution < -0.4 is 0 Å². The van der Waals surface area contributed by atoms with Crippen molar-refractivity contribution in [1.29, 1.82) is 0 Å². The predicted molar refractivity (Wildman–Crippen MR) is 125 cm³/mol. The zero-order chi connectivity index (χ0) is 21.8. The Kier molecular flexibility index (Phi) is 6.31. The van der Waals surface area contributed by atoms with Gasteiger partial charge in [0.25, 0.3) is 0 Å². The van der Waals surface area contributed by atoms with Gasteiger partial charge >= 0.3 is 0 Å². The first kappa shape index (κ1) is 20.9. The summed E-state index contributed by atoms with van der Waals surface area (Å²) in [5, 5.41) is 14.1. The minimum Gasteiger partial charge on any atom is -0.338 e. The number of para-hydroxylation sites is 1. The lowest BCUT2D eigenvalue weighted by Crippen LogP contribution is -2.30. The second kappa shape index (κ2) is 9.67. The Morgan fingerprint density at radius 1 is 0.938 bits per heavy atom.